The van der Waals surface area contributed by atoms with Gasteiger partial charge in [0.1, 0.15) is 5.75 Å². The van der Waals surface area contributed by atoms with Crippen LogP contribution in [0.5, 0.6) is 5.75 Å². The number of likely N-dealkylation sites (N-methyl/N-ethyl adjacent to an activating group) is 1. The van der Waals surface area contributed by atoms with Crippen molar-refractivity contribution in [1.29, 1.82) is 0 Å². The van der Waals surface area contributed by atoms with Crippen LogP contribution in [0.1, 0.15) is 25.3 Å². The number of carbonyl (C=O) groups is 1. The van der Waals surface area contributed by atoms with Gasteiger partial charge in [-0.15, -0.1) is 0 Å². The lowest BCUT2D eigenvalue weighted by molar-refractivity contribution is -0.119. The number of hydrogen-bond donors (Lipinski definition) is 2. The molecule has 0 fully saturated rings. The fraction of sp³-hybridized carbons (Fsp3) is 0.500. The second kappa shape index (κ2) is 8.53. The highest BCUT2D eigenvalue weighted by Gasteiger charge is 1.98. The molecule has 0 aliphatic heterocycles. The summed E-state index contributed by atoms with van der Waals surface area (Å²) in [4.78, 5) is 11.0. The Balaban J connectivity index is 2.29. The Bertz CT molecular complexity index is 349. The molecule has 0 saturated carbocycles. The summed E-state index contributed by atoms with van der Waals surface area (Å²) in [5.74, 6) is 0.896. The van der Waals surface area contributed by atoms with E-state index in [4.69, 9.17) is 4.74 Å². The van der Waals surface area contributed by atoms with Gasteiger partial charge in [-0.2, -0.15) is 0 Å². The Morgan fingerprint density at radius 1 is 1.28 bits per heavy atom. The van der Waals surface area contributed by atoms with E-state index in [9.17, 15) is 4.79 Å². The Kier molecular flexibility index (Phi) is 6.87. The number of nitrogens with one attached hydrogen (secondary N) is 2. The van der Waals surface area contributed by atoms with Gasteiger partial charge in [-0.1, -0.05) is 25.5 Å². The first-order valence-corrected chi connectivity index (χ1v) is 6.39. The average Bonchev–Trinajstić information content (AvgIpc) is 2.40. The van der Waals surface area contributed by atoms with Crippen LogP contribution in [-0.4, -0.2) is 26.1 Å². The number of ether oxygens (including phenoxy) is 1. The van der Waals surface area contributed by atoms with Crippen molar-refractivity contribution in [2.45, 2.75) is 26.3 Å². The molecule has 0 aliphatic rings. The highest BCUT2D eigenvalue weighted by molar-refractivity contribution is 5.77. The van der Waals surface area contributed by atoms with E-state index in [-0.39, 0.29) is 5.91 Å². The van der Waals surface area contributed by atoms with Crippen molar-refractivity contribution < 1.29 is 9.53 Å². The minimum atomic E-state index is -0.00507. The summed E-state index contributed by atoms with van der Waals surface area (Å²) in [6.07, 6.45) is 2.22. The predicted octanol–water partition coefficient (Wildman–Crippen LogP) is 1.70. The highest BCUT2D eigenvalue weighted by atomic mass is 16.5. The molecular weight excluding hydrogens is 228 g/mol. The molecule has 18 heavy (non-hydrogen) atoms. The molecule has 0 aromatic heterocycles. The lowest BCUT2D eigenvalue weighted by atomic mass is 10.2. The summed E-state index contributed by atoms with van der Waals surface area (Å²) < 4.78 is 5.58. The number of carbonyl (C=O) groups excluding carboxylic acids is 1. The van der Waals surface area contributed by atoms with Gasteiger partial charge in [0.15, 0.2) is 0 Å². The number of amides is 1. The number of unbranched alkanes of at least 4 members (excludes halogenated alkanes) is 1. The normalized spacial score (nSPS) is 10.1. The fourth-order valence-corrected chi connectivity index (χ4v) is 1.45. The Morgan fingerprint density at radius 2 is 2.00 bits per heavy atom. The number of benzene rings is 1. The largest absolute Gasteiger partial charge is 0.494 e. The van der Waals surface area contributed by atoms with E-state index < -0.39 is 0 Å². The van der Waals surface area contributed by atoms with Gasteiger partial charge in [0.25, 0.3) is 0 Å². The van der Waals surface area contributed by atoms with E-state index in [0.29, 0.717) is 13.1 Å². The van der Waals surface area contributed by atoms with E-state index in [2.05, 4.69) is 17.6 Å². The maximum Gasteiger partial charge on any atom is 0.233 e. The lowest BCUT2D eigenvalue weighted by Crippen LogP contribution is -2.30. The number of hydrogen-bond acceptors (Lipinski definition) is 3. The highest BCUT2D eigenvalue weighted by Crippen LogP contribution is 2.12. The van der Waals surface area contributed by atoms with Crippen LogP contribution in [0.3, 0.4) is 0 Å². The summed E-state index contributed by atoms with van der Waals surface area (Å²) in [7, 11) is 1.63. The molecule has 1 amide bonds. The fourth-order valence-electron chi connectivity index (χ4n) is 1.45. The van der Waals surface area contributed by atoms with Crippen molar-refractivity contribution in [2.75, 3.05) is 20.2 Å². The molecule has 100 valence electrons. The average molecular weight is 250 g/mol. The van der Waals surface area contributed by atoms with Gasteiger partial charge >= 0.3 is 0 Å². The molecule has 1 aromatic carbocycles. The van der Waals surface area contributed by atoms with Crippen LogP contribution >= 0.6 is 0 Å². The van der Waals surface area contributed by atoms with E-state index in [1.165, 1.54) is 0 Å². The third-order valence-corrected chi connectivity index (χ3v) is 2.58. The predicted molar refractivity (Wildman–Crippen MR) is 72.6 cm³/mol. The summed E-state index contributed by atoms with van der Waals surface area (Å²) in [5, 5.41) is 5.64. The van der Waals surface area contributed by atoms with Crippen LogP contribution in [-0.2, 0) is 11.3 Å². The minimum absolute atomic E-state index is 0.00507. The maximum atomic E-state index is 11.0. The summed E-state index contributed by atoms with van der Waals surface area (Å²) >= 11 is 0. The zero-order valence-corrected chi connectivity index (χ0v) is 11.2. The Labute approximate surface area is 109 Å². The first-order chi connectivity index (χ1) is 8.76. The third-order valence-electron chi connectivity index (χ3n) is 2.58. The van der Waals surface area contributed by atoms with Crippen molar-refractivity contribution in [3.63, 3.8) is 0 Å². The number of rotatable bonds is 8. The van der Waals surface area contributed by atoms with Crippen LogP contribution in [0.4, 0.5) is 0 Å². The quantitative estimate of drug-likeness (QED) is 0.690. The molecule has 0 unspecified atom stereocenters. The molecule has 0 saturated heterocycles. The van der Waals surface area contributed by atoms with Gasteiger partial charge in [0.05, 0.1) is 13.2 Å². The molecular formula is C14H22N2O2. The van der Waals surface area contributed by atoms with Gasteiger partial charge in [0.2, 0.25) is 5.91 Å². The van der Waals surface area contributed by atoms with E-state index in [0.717, 1.165) is 30.8 Å². The smallest absolute Gasteiger partial charge is 0.233 e. The monoisotopic (exact) mass is 250 g/mol. The lowest BCUT2D eigenvalue weighted by Gasteiger charge is -2.07. The second-order valence-electron chi connectivity index (χ2n) is 4.12. The van der Waals surface area contributed by atoms with Crippen molar-refractivity contribution in [2.24, 2.45) is 0 Å². The molecule has 1 rings (SSSR count). The van der Waals surface area contributed by atoms with E-state index in [1.54, 1.807) is 7.05 Å². The summed E-state index contributed by atoms with van der Waals surface area (Å²) in [6, 6.07) is 7.95. The van der Waals surface area contributed by atoms with E-state index >= 15 is 0 Å². The molecule has 0 heterocycles. The molecule has 2 N–H and O–H groups in total. The standard InChI is InChI=1S/C14H22N2O2/c1-3-4-9-18-13-7-5-12(6-8-13)10-16-11-14(17)15-2/h5-8,16H,3-4,9-11H2,1-2H3,(H,15,17). The molecule has 0 atom stereocenters. The Hall–Kier alpha value is -1.55. The third kappa shape index (κ3) is 5.68. The SMILES string of the molecule is CCCCOc1ccc(CNCC(=O)NC)cc1. The van der Waals surface area contributed by atoms with E-state index in [1.807, 2.05) is 24.3 Å². The van der Waals surface area contributed by atoms with Gasteiger partial charge in [0, 0.05) is 13.6 Å². The first-order valence-electron chi connectivity index (χ1n) is 6.39. The van der Waals surface area contributed by atoms with Crippen LogP contribution in [0.25, 0.3) is 0 Å². The van der Waals surface area contributed by atoms with Crippen molar-refractivity contribution in [3.8, 4) is 5.75 Å². The molecule has 0 radical (unpaired) electrons. The van der Waals surface area contributed by atoms with Crippen LogP contribution in [0.2, 0.25) is 0 Å². The molecule has 0 spiro atoms. The van der Waals surface area contributed by atoms with Crippen molar-refractivity contribution >= 4 is 5.91 Å². The van der Waals surface area contributed by atoms with Gasteiger partial charge in [-0.25, -0.2) is 0 Å². The zero-order valence-electron chi connectivity index (χ0n) is 11.2. The summed E-state index contributed by atoms with van der Waals surface area (Å²) in [6.45, 7) is 3.93. The first kappa shape index (κ1) is 14.5. The Morgan fingerprint density at radius 3 is 2.61 bits per heavy atom. The van der Waals surface area contributed by atoms with Crippen LogP contribution < -0.4 is 15.4 Å². The van der Waals surface area contributed by atoms with Crippen LogP contribution in [0.15, 0.2) is 24.3 Å². The van der Waals surface area contributed by atoms with Crippen molar-refractivity contribution in [1.82, 2.24) is 10.6 Å². The van der Waals surface area contributed by atoms with Crippen molar-refractivity contribution in [3.05, 3.63) is 29.8 Å². The molecule has 0 bridgehead atoms. The van der Waals surface area contributed by atoms with Crippen LogP contribution in [0, 0.1) is 0 Å². The topological polar surface area (TPSA) is 50.4 Å². The zero-order chi connectivity index (χ0) is 13.2. The molecule has 0 aliphatic carbocycles. The van der Waals surface area contributed by atoms with Gasteiger partial charge in [-0.05, 0) is 24.1 Å². The minimum Gasteiger partial charge on any atom is -0.494 e. The summed E-state index contributed by atoms with van der Waals surface area (Å²) in [5.41, 5.74) is 1.14. The second-order valence-corrected chi connectivity index (χ2v) is 4.12. The maximum absolute atomic E-state index is 11.0. The molecule has 1 aromatic rings. The molecule has 4 heteroatoms. The van der Waals surface area contributed by atoms with Gasteiger partial charge in [-0.3, -0.25) is 4.79 Å². The van der Waals surface area contributed by atoms with Gasteiger partial charge < -0.3 is 15.4 Å². The molecule has 4 nitrogen and oxygen atoms in total.